The summed E-state index contributed by atoms with van der Waals surface area (Å²) in [5.41, 5.74) is -0.354. The molecule has 1 aliphatic rings. The van der Waals surface area contributed by atoms with E-state index in [4.69, 9.17) is 9.47 Å². The minimum atomic E-state index is -0.354. The third-order valence-corrected chi connectivity index (χ3v) is 2.62. The van der Waals surface area contributed by atoms with E-state index in [1.54, 1.807) is 0 Å². The number of hydrogen-bond donors (Lipinski definition) is 0. The fourth-order valence-electron chi connectivity index (χ4n) is 1.65. The lowest BCUT2D eigenvalue weighted by molar-refractivity contribution is -0.161. The molecular formula is C9H16O3. The first-order chi connectivity index (χ1) is 5.75. The van der Waals surface area contributed by atoms with Crippen molar-refractivity contribution in [2.45, 2.75) is 26.2 Å². The standard InChI is InChI=1S/C9H16O3/c1-3-9(8(10)11-2)5-4-6-12-7-9/h3-7H2,1-2H3. The second-order valence-electron chi connectivity index (χ2n) is 3.28. The maximum absolute atomic E-state index is 11.4. The predicted molar refractivity (Wildman–Crippen MR) is 44.8 cm³/mol. The van der Waals surface area contributed by atoms with Gasteiger partial charge in [-0.05, 0) is 19.3 Å². The Kier molecular flexibility index (Phi) is 3.09. The Labute approximate surface area is 73.0 Å². The van der Waals surface area contributed by atoms with Gasteiger partial charge in [-0.15, -0.1) is 0 Å². The Balaban J connectivity index is 2.66. The zero-order valence-electron chi connectivity index (χ0n) is 7.76. The van der Waals surface area contributed by atoms with Gasteiger partial charge in [0.1, 0.15) is 0 Å². The summed E-state index contributed by atoms with van der Waals surface area (Å²) < 4.78 is 10.1. The SMILES string of the molecule is CCC1(C(=O)OC)CCCOC1. The van der Waals surface area contributed by atoms with E-state index in [9.17, 15) is 4.79 Å². The lowest BCUT2D eigenvalue weighted by atomic mass is 9.80. The van der Waals surface area contributed by atoms with Gasteiger partial charge in [0.05, 0.1) is 19.1 Å². The molecule has 0 aromatic heterocycles. The van der Waals surface area contributed by atoms with Crippen LogP contribution >= 0.6 is 0 Å². The van der Waals surface area contributed by atoms with Crippen LogP contribution in [0.15, 0.2) is 0 Å². The van der Waals surface area contributed by atoms with Crippen LogP contribution in [-0.2, 0) is 14.3 Å². The first-order valence-corrected chi connectivity index (χ1v) is 4.41. The highest BCUT2D eigenvalue weighted by atomic mass is 16.5. The van der Waals surface area contributed by atoms with E-state index < -0.39 is 0 Å². The molecule has 0 N–H and O–H groups in total. The zero-order valence-corrected chi connectivity index (χ0v) is 7.76. The molecule has 3 nitrogen and oxygen atoms in total. The fourth-order valence-corrected chi connectivity index (χ4v) is 1.65. The van der Waals surface area contributed by atoms with Crippen molar-refractivity contribution in [3.63, 3.8) is 0 Å². The molecule has 0 aliphatic carbocycles. The van der Waals surface area contributed by atoms with Crippen LogP contribution in [-0.4, -0.2) is 26.3 Å². The van der Waals surface area contributed by atoms with Crippen molar-refractivity contribution in [2.75, 3.05) is 20.3 Å². The lowest BCUT2D eigenvalue weighted by Gasteiger charge is -2.33. The number of esters is 1. The third-order valence-electron chi connectivity index (χ3n) is 2.62. The van der Waals surface area contributed by atoms with E-state index in [2.05, 4.69) is 0 Å². The molecule has 0 spiro atoms. The van der Waals surface area contributed by atoms with Crippen LogP contribution in [0.3, 0.4) is 0 Å². The molecular weight excluding hydrogens is 156 g/mol. The van der Waals surface area contributed by atoms with Gasteiger partial charge in [0.2, 0.25) is 0 Å². The van der Waals surface area contributed by atoms with Gasteiger partial charge in [-0.25, -0.2) is 0 Å². The predicted octanol–water partition coefficient (Wildman–Crippen LogP) is 1.37. The van der Waals surface area contributed by atoms with Gasteiger partial charge in [0.15, 0.2) is 0 Å². The van der Waals surface area contributed by atoms with Crippen molar-refractivity contribution in [1.82, 2.24) is 0 Å². The monoisotopic (exact) mass is 172 g/mol. The minimum absolute atomic E-state index is 0.121. The van der Waals surface area contributed by atoms with Crippen LogP contribution in [0.25, 0.3) is 0 Å². The molecule has 3 heteroatoms. The largest absolute Gasteiger partial charge is 0.469 e. The normalized spacial score (nSPS) is 29.8. The first-order valence-electron chi connectivity index (χ1n) is 4.41. The number of hydrogen-bond acceptors (Lipinski definition) is 3. The van der Waals surface area contributed by atoms with E-state index >= 15 is 0 Å². The van der Waals surface area contributed by atoms with Gasteiger partial charge in [-0.2, -0.15) is 0 Å². The molecule has 0 aromatic carbocycles. The fraction of sp³-hybridized carbons (Fsp3) is 0.889. The van der Waals surface area contributed by atoms with Crippen LogP contribution < -0.4 is 0 Å². The van der Waals surface area contributed by atoms with E-state index in [0.29, 0.717) is 6.61 Å². The number of carbonyl (C=O) groups excluding carboxylic acids is 1. The van der Waals surface area contributed by atoms with Crippen LogP contribution in [0.2, 0.25) is 0 Å². The second-order valence-corrected chi connectivity index (χ2v) is 3.28. The van der Waals surface area contributed by atoms with Crippen LogP contribution in [0.4, 0.5) is 0 Å². The first kappa shape index (κ1) is 9.52. The number of rotatable bonds is 2. The third kappa shape index (κ3) is 1.61. The molecule has 12 heavy (non-hydrogen) atoms. The molecule has 0 radical (unpaired) electrons. The Morgan fingerprint density at radius 1 is 1.67 bits per heavy atom. The van der Waals surface area contributed by atoms with E-state index in [1.165, 1.54) is 7.11 Å². The van der Waals surface area contributed by atoms with E-state index in [-0.39, 0.29) is 11.4 Å². The molecule has 0 saturated carbocycles. The molecule has 1 heterocycles. The maximum atomic E-state index is 11.4. The summed E-state index contributed by atoms with van der Waals surface area (Å²) in [6.07, 6.45) is 2.67. The summed E-state index contributed by atoms with van der Waals surface area (Å²) in [7, 11) is 1.44. The molecule has 1 rings (SSSR count). The smallest absolute Gasteiger partial charge is 0.314 e. The average Bonchev–Trinajstić information content (AvgIpc) is 2.17. The summed E-state index contributed by atoms with van der Waals surface area (Å²) in [5.74, 6) is -0.121. The highest BCUT2D eigenvalue weighted by Gasteiger charge is 2.39. The highest BCUT2D eigenvalue weighted by molar-refractivity contribution is 5.76. The van der Waals surface area contributed by atoms with Gasteiger partial charge in [0, 0.05) is 6.61 Å². The minimum Gasteiger partial charge on any atom is -0.469 e. The molecule has 70 valence electrons. The van der Waals surface area contributed by atoms with Crippen molar-refractivity contribution in [1.29, 1.82) is 0 Å². The van der Waals surface area contributed by atoms with Crippen molar-refractivity contribution in [2.24, 2.45) is 5.41 Å². The van der Waals surface area contributed by atoms with Gasteiger partial charge in [-0.3, -0.25) is 4.79 Å². The van der Waals surface area contributed by atoms with Gasteiger partial charge < -0.3 is 9.47 Å². The molecule has 0 aromatic rings. The zero-order chi connectivity index (χ0) is 9.03. The average molecular weight is 172 g/mol. The topological polar surface area (TPSA) is 35.5 Å². The van der Waals surface area contributed by atoms with Crippen molar-refractivity contribution >= 4 is 5.97 Å². The summed E-state index contributed by atoms with van der Waals surface area (Å²) in [6.45, 7) is 3.31. The summed E-state index contributed by atoms with van der Waals surface area (Å²) in [6, 6.07) is 0. The molecule has 1 saturated heterocycles. The molecule has 0 amide bonds. The Hall–Kier alpha value is -0.570. The molecule has 1 fully saturated rings. The number of ether oxygens (including phenoxy) is 2. The summed E-state index contributed by atoms with van der Waals surface area (Å²) in [4.78, 5) is 11.4. The summed E-state index contributed by atoms with van der Waals surface area (Å²) in [5, 5.41) is 0. The quantitative estimate of drug-likeness (QED) is 0.590. The van der Waals surface area contributed by atoms with E-state index in [1.807, 2.05) is 6.92 Å². The Morgan fingerprint density at radius 3 is 2.83 bits per heavy atom. The highest BCUT2D eigenvalue weighted by Crippen LogP contribution is 2.33. The second kappa shape index (κ2) is 3.90. The number of methoxy groups -OCH3 is 1. The van der Waals surface area contributed by atoms with Crippen LogP contribution in [0.1, 0.15) is 26.2 Å². The van der Waals surface area contributed by atoms with Crippen LogP contribution in [0, 0.1) is 5.41 Å². The Bertz CT molecular complexity index is 159. The van der Waals surface area contributed by atoms with Gasteiger partial charge in [-0.1, -0.05) is 6.92 Å². The van der Waals surface area contributed by atoms with Crippen molar-refractivity contribution < 1.29 is 14.3 Å². The molecule has 0 bridgehead atoms. The van der Waals surface area contributed by atoms with Gasteiger partial charge >= 0.3 is 5.97 Å². The number of carbonyl (C=O) groups is 1. The van der Waals surface area contributed by atoms with Crippen molar-refractivity contribution in [3.8, 4) is 0 Å². The van der Waals surface area contributed by atoms with Crippen LogP contribution in [0.5, 0.6) is 0 Å². The lowest BCUT2D eigenvalue weighted by Crippen LogP contribution is -2.39. The van der Waals surface area contributed by atoms with Gasteiger partial charge in [0.25, 0.3) is 0 Å². The Morgan fingerprint density at radius 2 is 2.42 bits per heavy atom. The van der Waals surface area contributed by atoms with Crippen molar-refractivity contribution in [3.05, 3.63) is 0 Å². The molecule has 1 unspecified atom stereocenters. The maximum Gasteiger partial charge on any atom is 0.314 e. The summed E-state index contributed by atoms with van der Waals surface area (Å²) >= 11 is 0. The van der Waals surface area contributed by atoms with E-state index in [0.717, 1.165) is 25.9 Å². The molecule has 1 atom stereocenters. The molecule has 1 aliphatic heterocycles.